The van der Waals surface area contributed by atoms with Crippen LogP contribution in [0.25, 0.3) is 16.9 Å². The Kier molecular flexibility index (Phi) is 6.75. The zero-order valence-electron chi connectivity index (χ0n) is 20.0. The van der Waals surface area contributed by atoms with Crippen LogP contribution in [0.1, 0.15) is 23.2 Å². The fourth-order valence-electron chi connectivity index (χ4n) is 4.46. The SMILES string of the molecule is COc1ccccc1-c1nn(-c2ccccc2)cc1C(=O)N1CCC(C(=O)Nc2ccccn2)CC1. The highest BCUT2D eigenvalue weighted by atomic mass is 16.5. The second kappa shape index (κ2) is 10.4. The van der Waals surface area contributed by atoms with Gasteiger partial charge in [0.1, 0.15) is 17.3 Å². The van der Waals surface area contributed by atoms with E-state index in [1.165, 1.54) is 0 Å². The first-order valence-electron chi connectivity index (χ1n) is 11.9. The summed E-state index contributed by atoms with van der Waals surface area (Å²) in [6.45, 7) is 0.974. The van der Waals surface area contributed by atoms with Crippen molar-refractivity contribution in [1.82, 2.24) is 19.7 Å². The standard InChI is InChI=1S/C28H27N5O3/c1-36-24-12-6-5-11-22(24)26-23(19-33(31-26)21-9-3-2-4-10-21)28(35)32-17-14-20(15-18-32)27(34)30-25-13-7-8-16-29-25/h2-13,16,19-20H,14-15,17-18H2,1H3,(H,29,30,34). The Morgan fingerprint density at radius 2 is 1.67 bits per heavy atom. The van der Waals surface area contributed by atoms with Crippen LogP contribution in [0.15, 0.2) is 85.2 Å². The molecule has 182 valence electrons. The van der Waals surface area contributed by atoms with E-state index < -0.39 is 0 Å². The number of carbonyl (C=O) groups is 2. The number of nitrogens with zero attached hydrogens (tertiary/aromatic N) is 4. The van der Waals surface area contributed by atoms with Crippen molar-refractivity contribution in [2.24, 2.45) is 5.92 Å². The molecule has 1 N–H and O–H groups in total. The summed E-state index contributed by atoms with van der Waals surface area (Å²) in [5.74, 6) is 0.844. The molecule has 8 heteroatoms. The fraction of sp³-hybridized carbons (Fsp3) is 0.214. The maximum absolute atomic E-state index is 13.7. The number of pyridine rings is 1. The summed E-state index contributed by atoms with van der Waals surface area (Å²) in [5, 5.41) is 7.65. The van der Waals surface area contributed by atoms with Crippen molar-refractivity contribution >= 4 is 17.6 Å². The van der Waals surface area contributed by atoms with Crippen LogP contribution in [-0.4, -0.2) is 51.7 Å². The zero-order valence-corrected chi connectivity index (χ0v) is 20.0. The van der Waals surface area contributed by atoms with E-state index in [1.54, 1.807) is 41.2 Å². The average molecular weight is 482 g/mol. The predicted molar refractivity (Wildman–Crippen MR) is 137 cm³/mol. The molecular weight excluding hydrogens is 454 g/mol. The first kappa shape index (κ1) is 23.3. The number of hydrogen-bond acceptors (Lipinski definition) is 5. The molecule has 36 heavy (non-hydrogen) atoms. The Labute approximate surface area is 209 Å². The Bertz CT molecular complexity index is 1350. The Balaban J connectivity index is 1.37. The lowest BCUT2D eigenvalue weighted by molar-refractivity contribution is -0.121. The summed E-state index contributed by atoms with van der Waals surface area (Å²) in [5.41, 5.74) is 2.68. The van der Waals surface area contributed by atoms with Gasteiger partial charge in [-0.2, -0.15) is 5.10 Å². The summed E-state index contributed by atoms with van der Waals surface area (Å²) in [4.78, 5) is 32.4. The van der Waals surface area contributed by atoms with Gasteiger partial charge in [0.05, 0.1) is 18.4 Å². The van der Waals surface area contributed by atoms with Crippen LogP contribution in [0.2, 0.25) is 0 Å². The van der Waals surface area contributed by atoms with Gasteiger partial charge in [0, 0.05) is 37.0 Å². The Morgan fingerprint density at radius 3 is 2.39 bits per heavy atom. The van der Waals surface area contributed by atoms with Crippen molar-refractivity contribution in [1.29, 1.82) is 0 Å². The number of amides is 2. The number of methoxy groups -OCH3 is 1. The lowest BCUT2D eigenvalue weighted by Crippen LogP contribution is -2.41. The molecule has 0 saturated carbocycles. The topological polar surface area (TPSA) is 89.4 Å². The number of anilines is 1. The van der Waals surface area contributed by atoms with Crippen LogP contribution in [-0.2, 0) is 4.79 Å². The van der Waals surface area contributed by atoms with Gasteiger partial charge in [-0.1, -0.05) is 36.4 Å². The normalized spacial score (nSPS) is 13.9. The van der Waals surface area contributed by atoms with Crippen molar-refractivity contribution in [2.45, 2.75) is 12.8 Å². The molecule has 0 bridgehead atoms. The van der Waals surface area contributed by atoms with E-state index in [-0.39, 0.29) is 17.7 Å². The summed E-state index contributed by atoms with van der Waals surface area (Å²) in [6.07, 6.45) is 4.59. The molecule has 8 nitrogen and oxygen atoms in total. The molecule has 0 aliphatic carbocycles. The number of hydrogen-bond donors (Lipinski definition) is 1. The first-order valence-corrected chi connectivity index (χ1v) is 11.9. The summed E-state index contributed by atoms with van der Waals surface area (Å²) in [6, 6.07) is 22.6. The third-order valence-corrected chi connectivity index (χ3v) is 6.40. The summed E-state index contributed by atoms with van der Waals surface area (Å²) < 4.78 is 7.28. The van der Waals surface area contributed by atoms with Crippen molar-refractivity contribution in [3.8, 4) is 22.7 Å². The minimum absolute atomic E-state index is 0.0626. The Morgan fingerprint density at radius 1 is 0.944 bits per heavy atom. The number of para-hydroxylation sites is 2. The van der Waals surface area contributed by atoms with Gasteiger partial charge in [-0.25, -0.2) is 9.67 Å². The molecule has 4 aromatic rings. The molecule has 3 heterocycles. The minimum atomic E-state index is -0.170. The van der Waals surface area contributed by atoms with Crippen molar-refractivity contribution in [3.63, 3.8) is 0 Å². The van der Waals surface area contributed by atoms with Crippen LogP contribution >= 0.6 is 0 Å². The molecule has 5 rings (SSSR count). The maximum Gasteiger partial charge on any atom is 0.257 e. The number of nitrogens with one attached hydrogen (secondary N) is 1. The van der Waals surface area contributed by atoms with E-state index in [2.05, 4.69) is 10.3 Å². The van der Waals surface area contributed by atoms with Crippen LogP contribution in [0.4, 0.5) is 5.82 Å². The summed E-state index contributed by atoms with van der Waals surface area (Å²) in [7, 11) is 1.61. The first-order chi connectivity index (χ1) is 17.6. The van der Waals surface area contributed by atoms with Gasteiger partial charge in [0.2, 0.25) is 5.91 Å². The van der Waals surface area contributed by atoms with Gasteiger partial charge in [-0.3, -0.25) is 9.59 Å². The van der Waals surface area contributed by atoms with Gasteiger partial charge in [-0.15, -0.1) is 0 Å². The number of likely N-dealkylation sites (tertiary alicyclic amines) is 1. The molecule has 1 saturated heterocycles. The van der Waals surface area contributed by atoms with Crippen LogP contribution < -0.4 is 10.1 Å². The largest absolute Gasteiger partial charge is 0.496 e. The summed E-state index contributed by atoms with van der Waals surface area (Å²) >= 11 is 0. The van der Waals surface area contributed by atoms with E-state index in [0.717, 1.165) is 11.3 Å². The minimum Gasteiger partial charge on any atom is -0.496 e. The second-order valence-electron chi connectivity index (χ2n) is 8.64. The number of benzene rings is 2. The van der Waals surface area contributed by atoms with E-state index in [0.29, 0.717) is 48.8 Å². The van der Waals surface area contributed by atoms with Crippen LogP contribution in [0, 0.1) is 5.92 Å². The molecule has 0 unspecified atom stereocenters. The number of carbonyl (C=O) groups excluding carboxylic acids is 2. The van der Waals surface area contributed by atoms with Gasteiger partial charge < -0.3 is 15.0 Å². The second-order valence-corrected chi connectivity index (χ2v) is 8.64. The third kappa shape index (κ3) is 4.84. The van der Waals surface area contributed by atoms with Crippen molar-refractivity contribution in [3.05, 3.63) is 90.8 Å². The zero-order chi connectivity index (χ0) is 24.9. The predicted octanol–water partition coefficient (Wildman–Crippen LogP) is 4.43. The monoisotopic (exact) mass is 481 g/mol. The van der Waals surface area contributed by atoms with E-state index in [1.807, 2.05) is 60.7 Å². The lowest BCUT2D eigenvalue weighted by atomic mass is 9.95. The maximum atomic E-state index is 13.7. The average Bonchev–Trinajstić information content (AvgIpc) is 3.39. The molecule has 2 aromatic carbocycles. The highest BCUT2D eigenvalue weighted by Crippen LogP contribution is 2.33. The number of aromatic nitrogens is 3. The van der Waals surface area contributed by atoms with E-state index in [9.17, 15) is 9.59 Å². The lowest BCUT2D eigenvalue weighted by Gasteiger charge is -2.31. The highest BCUT2D eigenvalue weighted by molar-refractivity contribution is 6.01. The molecule has 0 radical (unpaired) electrons. The molecule has 0 spiro atoms. The van der Waals surface area contributed by atoms with Gasteiger partial charge in [-0.05, 0) is 49.2 Å². The fourth-order valence-corrected chi connectivity index (χ4v) is 4.46. The number of rotatable bonds is 6. The van der Waals surface area contributed by atoms with Crippen LogP contribution in [0.3, 0.4) is 0 Å². The molecular formula is C28H27N5O3. The molecule has 1 aliphatic rings. The van der Waals surface area contributed by atoms with E-state index in [4.69, 9.17) is 9.84 Å². The Hall–Kier alpha value is -4.46. The van der Waals surface area contributed by atoms with Crippen molar-refractivity contribution in [2.75, 3.05) is 25.5 Å². The molecule has 1 aliphatic heterocycles. The van der Waals surface area contributed by atoms with Crippen molar-refractivity contribution < 1.29 is 14.3 Å². The van der Waals surface area contributed by atoms with Crippen LogP contribution in [0.5, 0.6) is 5.75 Å². The smallest absolute Gasteiger partial charge is 0.257 e. The quantitative estimate of drug-likeness (QED) is 0.440. The number of ether oxygens (including phenoxy) is 1. The molecule has 0 atom stereocenters. The highest BCUT2D eigenvalue weighted by Gasteiger charge is 2.31. The third-order valence-electron chi connectivity index (χ3n) is 6.40. The number of piperidine rings is 1. The van der Waals surface area contributed by atoms with Gasteiger partial charge >= 0.3 is 0 Å². The van der Waals surface area contributed by atoms with Gasteiger partial charge in [0.25, 0.3) is 5.91 Å². The van der Waals surface area contributed by atoms with E-state index >= 15 is 0 Å². The van der Waals surface area contributed by atoms with Gasteiger partial charge in [0.15, 0.2) is 0 Å². The molecule has 1 fully saturated rings. The molecule has 2 aromatic heterocycles. The molecule has 2 amide bonds.